The van der Waals surface area contributed by atoms with Crippen LogP contribution in [0.3, 0.4) is 0 Å². The maximum absolute atomic E-state index is 6.10. The van der Waals surface area contributed by atoms with Crippen molar-refractivity contribution in [3.8, 4) is 0 Å². The molecule has 0 unspecified atom stereocenters. The van der Waals surface area contributed by atoms with Gasteiger partial charge in [0, 0.05) is 11.6 Å². The third kappa shape index (κ3) is 1.64. The molecule has 4 heteroatoms. The Morgan fingerprint density at radius 2 is 2.17 bits per heavy atom. The topological polar surface area (TPSA) is 20.7 Å². The van der Waals surface area contributed by atoms with E-state index in [1.54, 1.807) is 0 Å². The van der Waals surface area contributed by atoms with E-state index in [2.05, 4.69) is 9.55 Å². The van der Waals surface area contributed by atoms with E-state index < -0.39 is 0 Å². The number of aromatic nitrogens is 2. The monoisotopic (exact) mass is 278 g/mol. The molecule has 2 saturated carbocycles. The average molecular weight is 279 g/mol. The molecule has 2 aliphatic carbocycles. The molecule has 0 aliphatic heterocycles. The van der Waals surface area contributed by atoms with Crippen molar-refractivity contribution < 1.29 is 0 Å². The minimum Gasteiger partial charge on any atom is -0.331 e. The predicted molar refractivity (Wildman–Crippen MR) is 76.5 cm³/mol. The highest BCUT2D eigenvalue weighted by molar-refractivity contribution is 7.71. The maximum Gasteiger partial charge on any atom is 0.178 e. The number of hydrogen-bond donors (Lipinski definition) is 1. The lowest BCUT2D eigenvalue weighted by Crippen LogP contribution is -2.13. The third-order valence-electron chi connectivity index (χ3n) is 4.55. The Bertz CT molecular complexity index is 677. The van der Waals surface area contributed by atoms with Crippen molar-refractivity contribution >= 4 is 34.9 Å². The Kier molecular flexibility index (Phi) is 2.22. The van der Waals surface area contributed by atoms with Crippen LogP contribution in [0.15, 0.2) is 18.2 Å². The van der Waals surface area contributed by atoms with Crippen LogP contribution < -0.4 is 0 Å². The molecule has 0 amide bonds. The molecule has 2 nitrogen and oxygen atoms in total. The molecule has 1 aromatic heterocycles. The summed E-state index contributed by atoms with van der Waals surface area (Å²) in [5, 5.41) is 0.779. The summed E-state index contributed by atoms with van der Waals surface area (Å²) in [5.74, 6) is 0.948. The first-order valence-electron chi connectivity index (χ1n) is 6.56. The first-order chi connectivity index (χ1) is 8.68. The van der Waals surface area contributed by atoms with Gasteiger partial charge < -0.3 is 9.55 Å². The van der Waals surface area contributed by atoms with E-state index in [1.165, 1.54) is 25.7 Å². The fourth-order valence-electron chi connectivity index (χ4n) is 3.15. The maximum atomic E-state index is 6.10. The Labute approximate surface area is 116 Å². The smallest absolute Gasteiger partial charge is 0.178 e. The van der Waals surface area contributed by atoms with Gasteiger partial charge in [0.2, 0.25) is 0 Å². The van der Waals surface area contributed by atoms with Crippen LogP contribution in [0.5, 0.6) is 0 Å². The van der Waals surface area contributed by atoms with Crippen LogP contribution in [0, 0.1) is 16.1 Å². The zero-order valence-electron chi connectivity index (χ0n) is 10.1. The van der Waals surface area contributed by atoms with Gasteiger partial charge in [-0.05, 0) is 67.4 Å². The first kappa shape index (κ1) is 11.1. The highest BCUT2D eigenvalue weighted by Crippen LogP contribution is 2.62. The molecular weight excluding hydrogens is 264 g/mol. The number of fused-ring (bicyclic) bond motifs is 1. The second kappa shape index (κ2) is 3.61. The van der Waals surface area contributed by atoms with Crippen LogP contribution in [-0.4, -0.2) is 9.55 Å². The van der Waals surface area contributed by atoms with Crippen molar-refractivity contribution in [2.24, 2.45) is 11.3 Å². The lowest BCUT2D eigenvalue weighted by atomic mass is 10.0. The van der Waals surface area contributed by atoms with Gasteiger partial charge >= 0.3 is 0 Å². The molecule has 1 N–H and O–H groups in total. The Morgan fingerprint density at radius 1 is 1.39 bits per heavy atom. The fourth-order valence-corrected chi connectivity index (χ4v) is 3.59. The van der Waals surface area contributed by atoms with Gasteiger partial charge in [-0.25, -0.2) is 0 Å². The minimum atomic E-state index is 0.551. The fraction of sp³-hybridized carbons (Fsp3) is 0.500. The zero-order valence-corrected chi connectivity index (χ0v) is 11.7. The van der Waals surface area contributed by atoms with Crippen LogP contribution in [0.2, 0.25) is 5.02 Å². The average Bonchev–Trinajstić information content (AvgIpc) is 3.22. The molecule has 94 valence electrons. The molecule has 1 aromatic carbocycles. The molecule has 0 atom stereocenters. The molecule has 2 fully saturated rings. The standard InChI is InChI=1S/C14H15ClN2S/c15-10-3-4-11-12(7-10)17(13(18)16-11)8-14(5-6-14)9-1-2-9/h3-4,7,9H,1-2,5-6,8H2,(H,16,18). The van der Waals surface area contributed by atoms with Gasteiger partial charge in [-0.1, -0.05) is 11.6 Å². The number of halogens is 1. The molecule has 0 saturated heterocycles. The number of nitrogens with zero attached hydrogens (tertiary/aromatic N) is 1. The second-order valence-electron chi connectivity index (χ2n) is 5.81. The Hall–Kier alpha value is -0.800. The van der Waals surface area contributed by atoms with Gasteiger partial charge in [-0.3, -0.25) is 0 Å². The van der Waals surface area contributed by atoms with E-state index in [0.717, 1.165) is 33.3 Å². The molecular formula is C14H15ClN2S. The van der Waals surface area contributed by atoms with Gasteiger partial charge in [0.15, 0.2) is 4.77 Å². The number of benzene rings is 1. The van der Waals surface area contributed by atoms with Crippen LogP contribution in [0.25, 0.3) is 11.0 Å². The molecule has 0 radical (unpaired) electrons. The number of imidazole rings is 1. The van der Waals surface area contributed by atoms with Crippen LogP contribution in [0.4, 0.5) is 0 Å². The van der Waals surface area contributed by atoms with E-state index in [4.69, 9.17) is 23.8 Å². The summed E-state index contributed by atoms with van der Waals surface area (Å²) in [4.78, 5) is 3.28. The summed E-state index contributed by atoms with van der Waals surface area (Å²) in [6.45, 7) is 1.07. The summed E-state index contributed by atoms with van der Waals surface area (Å²) in [6.07, 6.45) is 5.56. The minimum absolute atomic E-state index is 0.551. The van der Waals surface area contributed by atoms with Gasteiger partial charge in [-0.15, -0.1) is 0 Å². The van der Waals surface area contributed by atoms with Gasteiger partial charge in [0.05, 0.1) is 11.0 Å². The molecule has 2 aliphatic rings. The van der Waals surface area contributed by atoms with Gasteiger partial charge in [0.25, 0.3) is 0 Å². The quantitative estimate of drug-likeness (QED) is 0.818. The number of aromatic amines is 1. The van der Waals surface area contributed by atoms with Crippen molar-refractivity contribution in [3.05, 3.63) is 28.0 Å². The Balaban J connectivity index is 1.81. The van der Waals surface area contributed by atoms with E-state index in [1.807, 2.05) is 18.2 Å². The number of hydrogen-bond acceptors (Lipinski definition) is 1. The summed E-state index contributed by atoms with van der Waals surface area (Å²) in [7, 11) is 0. The molecule has 1 heterocycles. The molecule has 18 heavy (non-hydrogen) atoms. The molecule has 4 rings (SSSR count). The normalized spacial score (nSPS) is 21.4. The second-order valence-corrected chi connectivity index (χ2v) is 6.64. The number of nitrogens with one attached hydrogen (secondary N) is 1. The van der Waals surface area contributed by atoms with Crippen molar-refractivity contribution in [1.29, 1.82) is 0 Å². The lowest BCUT2D eigenvalue weighted by Gasteiger charge is -2.15. The summed E-state index contributed by atoms with van der Waals surface area (Å²) in [6, 6.07) is 5.94. The van der Waals surface area contributed by atoms with E-state index in [-0.39, 0.29) is 0 Å². The summed E-state index contributed by atoms with van der Waals surface area (Å²) >= 11 is 11.6. The van der Waals surface area contributed by atoms with Crippen LogP contribution >= 0.6 is 23.8 Å². The Morgan fingerprint density at radius 3 is 2.83 bits per heavy atom. The van der Waals surface area contributed by atoms with E-state index in [0.29, 0.717) is 5.41 Å². The predicted octanol–water partition coefficient (Wildman–Crippen LogP) is 4.54. The van der Waals surface area contributed by atoms with E-state index >= 15 is 0 Å². The third-order valence-corrected chi connectivity index (χ3v) is 5.10. The highest BCUT2D eigenvalue weighted by Gasteiger charge is 2.53. The number of rotatable bonds is 3. The lowest BCUT2D eigenvalue weighted by molar-refractivity contribution is 0.373. The van der Waals surface area contributed by atoms with Crippen molar-refractivity contribution in [2.45, 2.75) is 32.2 Å². The van der Waals surface area contributed by atoms with Crippen molar-refractivity contribution in [1.82, 2.24) is 9.55 Å². The molecule has 0 bridgehead atoms. The summed E-state index contributed by atoms with van der Waals surface area (Å²) in [5.41, 5.74) is 2.80. The van der Waals surface area contributed by atoms with Crippen LogP contribution in [0.1, 0.15) is 25.7 Å². The highest BCUT2D eigenvalue weighted by atomic mass is 35.5. The SMILES string of the molecule is S=c1[nH]c2ccc(Cl)cc2n1CC1(C2CC2)CC1. The van der Waals surface area contributed by atoms with Crippen molar-refractivity contribution in [3.63, 3.8) is 0 Å². The zero-order chi connectivity index (χ0) is 12.3. The molecule has 0 spiro atoms. The van der Waals surface area contributed by atoms with Gasteiger partial charge in [0.1, 0.15) is 0 Å². The van der Waals surface area contributed by atoms with E-state index in [9.17, 15) is 0 Å². The first-order valence-corrected chi connectivity index (χ1v) is 7.35. The largest absolute Gasteiger partial charge is 0.331 e. The van der Waals surface area contributed by atoms with Gasteiger partial charge in [-0.2, -0.15) is 0 Å². The number of H-pyrrole nitrogens is 1. The molecule has 2 aromatic rings. The van der Waals surface area contributed by atoms with Crippen LogP contribution in [-0.2, 0) is 6.54 Å². The van der Waals surface area contributed by atoms with Crippen molar-refractivity contribution in [2.75, 3.05) is 0 Å². The summed E-state index contributed by atoms with van der Waals surface area (Å²) < 4.78 is 3.08.